The number of rotatable bonds is 6. The van der Waals surface area contributed by atoms with Crippen LogP contribution in [0, 0.1) is 0 Å². The lowest BCUT2D eigenvalue weighted by molar-refractivity contribution is 1.12. The molecule has 142 valence electrons. The number of aromatic nitrogens is 2. The van der Waals surface area contributed by atoms with Crippen LogP contribution in [-0.2, 0) is 13.1 Å². The van der Waals surface area contributed by atoms with Gasteiger partial charge in [-0.05, 0) is 35.4 Å². The number of hydrogen-bond acceptors (Lipinski definition) is 3. The summed E-state index contributed by atoms with van der Waals surface area (Å²) >= 11 is 0. The highest BCUT2D eigenvalue weighted by Crippen LogP contribution is 2.29. The molecule has 0 fully saturated rings. The Morgan fingerprint density at radius 2 is 1.31 bits per heavy atom. The molecule has 3 aromatic carbocycles. The van der Waals surface area contributed by atoms with Gasteiger partial charge in [-0.15, -0.1) is 0 Å². The van der Waals surface area contributed by atoms with Crippen LogP contribution in [0.3, 0.4) is 0 Å². The van der Waals surface area contributed by atoms with E-state index in [1.807, 2.05) is 18.3 Å². The Bertz CT molecular complexity index is 1150. The van der Waals surface area contributed by atoms with E-state index in [4.69, 9.17) is 0 Å². The molecule has 2 aromatic heterocycles. The van der Waals surface area contributed by atoms with Crippen molar-refractivity contribution in [3.8, 4) is 0 Å². The van der Waals surface area contributed by atoms with Gasteiger partial charge >= 0.3 is 0 Å². The van der Waals surface area contributed by atoms with Gasteiger partial charge in [0.25, 0.3) is 0 Å². The molecule has 0 unspecified atom stereocenters. The highest BCUT2D eigenvalue weighted by atomic mass is 15.0. The van der Waals surface area contributed by atoms with Crippen LogP contribution >= 0.6 is 0 Å². The highest BCUT2D eigenvalue weighted by Gasteiger charge is 2.07. The van der Waals surface area contributed by atoms with Crippen LogP contribution in [0.2, 0.25) is 0 Å². The quantitative estimate of drug-likeness (QED) is 0.343. The number of nitrogens with one attached hydrogen (secondary N) is 3. The number of aromatic amines is 1. The lowest BCUT2D eigenvalue weighted by Crippen LogP contribution is -2.00. The number of H-pyrrole nitrogens is 1. The molecule has 0 aliphatic heterocycles. The van der Waals surface area contributed by atoms with Crippen molar-refractivity contribution in [2.45, 2.75) is 13.1 Å². The predicted molar refractivity (Wildman–Crippen MR) is 121 cm³/mol. The van der Waals surface area contributed by atoms with Gasteiger partial charge in [-0.3, -0.25) is 0 Å². The maximum atomic E-state index is 4.56. The van der Waals surface area contributed by atoms with Gasteiger partial charge in [0.05, 0.1) is 11.7 Å². The Balaban J connectivity index is 1.40. The molecule has 0 bridgehead atoms. The number of fused-ring (bicyclic) bond motifs is 3. The molecule has 0 atom stereocenters. The van der Waals surface area contributed by atoms with Crippen LogP contribution in [0.15, 0.2) is 91.1 Å². The number of benzene rings is 3. The Morgan fingerprint density at radius 1 is 0.655 bits per heavy atom. The van der Waals surface area contributed by atoms with Gasteiger partial charge in [0.15, 0.2) is 0 Å². The summed E-state index contributed by atoms with van der Waals surface area (Å²) in [5.74, 6) is 0.880. The van der Waals surface area contributed by atoms with Gasteiger partial charge in [-0.1, -0.05) is 60.7 Å². The largest absolute Gasteiger partial charge is 0.381 e. The molecule has 0 saturated heterocycles. The van der Waals surface area contributed by atoms with E-state index in [9.17, 15) is 0 Å². The smallest absolute Gasteiger partial charge is 0.126 e. The van der Waals surface area contributed by atoms with Gasteiger partial charge < -0.3 is 15.6 Å². The number of anilines is 2. The third kappa shape index (κ3) is 3.78. The van der Waals surface area contributed by atoms with Crippen LogP contribution in [0.1, 0.15) is 11.1 Å². The lowest BCUT2D eigenvalue weighted by Gasteiger charge is -2.07. The van der Waals surface area contributed by atoms with E-state index in [2.05, 4.69) is 93.4 Å². The Hall–Kier alpha value is -3.79. The van der Waals surface area contributed by atoms with Crippen LogP contribution in [0.5, 0.6) is 0 Å². The fourth-order valence-corrected chi connectivity index (χ4v) is 3.59. The second kappa shape index (κ2) is 7.68. The first-order chi connectivity index (χ1) is 14.3. The fraction of sp³-hybridized carbons (Fsp3) is 0.0800. The summed E-state index contributed by atoms with van der Waals surface area (Å²) in [5.41, 5.74) is 5.78. The van der Waals surface area contributed by atoms with Gasteiger partial charge in [-0.2, -0.15) is 0 Å². The van der Waals surface area contributed by atoms with Crippen LogP contribution in [0.4, 0.5) is 11.5 Å². The molecule has 4 nitrogen and oxygen atoms in total. The molecule has 2 heterocycles. The maximum Gasteiger partial charge on any atom is 0.126 e. The van der Waals surface area contributed by atoms with E-state index in [0.29, 0.717) is 0 Å². The van der Waals surface area contributed by atoms with Crippen LogP contribution in [0.25, 0.3) is 21.8 Å². The summed E-state index contributed by atoms with van der Waals surface area (Å²) in [7, 11) is 0. The summed E-state index contributed by atoms with van der Waals surface area (Å²) in [6.07, 6.45) is 1.90. The van der Waals surface area contributed by atoms with Crippen molar-refractivity contribution in [3.63, 3.8) is 0 Å². The van der Waals surface area contributed by atoms with Crippen molar-refractivity contribution in [1.82, 2.24) is 9.97 Å². The molecule has 0 aliphatic carbocycles. The SMILES string of the molecule is c1ccc(CNc2ccc3[nH]c4cnc(NCc5ccccc5)cc4c3c2)cc1. The fourth-order valence-electron chi connectivity index (χ4n) is 3.59. The first-order valence-electron chi connectivity index (χ1n) is 9.82. The average molecular weight is 378 g/mol. The van der Waals surface area contributed by atoms with Gasteiger partial charge in [0.1, 0.15) is 5.82 Å². The predicted octanol–water partition coefficient (Wildman–Crippen LogP) is 5.94. The monoisotopic (exact) mass is 378 g/mol. The molecule has 5 aromatic rings. The van der Waals surface area contributed by atoms with E-state index < -0.39 is 0 Å². The van der Waals surface area contributed by atoms with Crippen molar-refractivity contribution >= 4 is 33.3 Å². The molecule has 3 N–H and O–H groups in total. The normalized spacial score (nSPS) is 11.0. The molecule has 0 radical (unpaired) electrons. The zero-order valence-electron chi connectivity index (χ0n) is 16.0. The molecule has 4 heteroatoms. The molecule has 0 saturated carbocycles. The minimum Gasteiger partial charge on any atom is -0.381 e. The molecule has 0 aliphatic rings. The molecule has 0 amide bonds. The average Bonchev–Trinajstić information content (AvgIpc) is 3.15. The second-order valence-corrected chi connectivity index (χ2v) is 7.18. The van der Waals surface area contributed by atoms with E-state index >= 15 is 0 Å². The second-order valence-electron chi connectivity index (χ2n) is 7.18. The Labute approximate surface area is 169 Å². The van der Waals surface area contributed by atoms with E-state index in [1.54, 1.807) is 0 Å². The van der Waals surface area contributed by atoms with Crippen molar-refractivity contribution in [2.24, 2.45) is 0 Å². The molecule has 0 spiro atoms. The topological polar surface area (TPSA) is 52.7 Å². The molecule has 5 rings (SSSR count). The summed E-state index contributed by atoms with van der Waals surface area (Å²) in [4.78, 5) is 8.02. The summed E-state index contributed by atoms with van der Waals surface area (Å²) in [6.45, 7) is 1.56. The van der Waals surface area contributed by atoms with Crippen molar-refractivity contribution < 1.29 is 0 Å². The molecular weight excluding hydrogens is 356 g/mol. The maximum absolute atomic E-state index is 4.56. The number of hydrogen-bond donors (Lipinski definition) is 3. The van der Waals surface area contributed by atoms with Crippen molar-refractivity contribution in [3.05, 3.63) is 102 Å². The summed E-state index contributed by atoms with van der Waals surface area (Å²) < 4.78 is 0. The van der Waals surface area contributed by atoms with E-state index in [-0.39, 0.29) is 0 Å². The van der Waals surface area contributed by atoms with Crippen LogP contribution in [-0.4, -0.2) is 9.97 Å². The zero-order valence-corrected chi connectivity index (χ0v) is 16.0. The van der Waals surface area contributed by atoms with E-state index in [0.717, 1.165) is 35.6 Å². The first-order valence-corrected chi connectivity index (χ1v) is 9.82. The van der Waals surface area contributed by atoms with Gasteiger partial charge in [0, 0.05) is 35.1 Å². The third-order valence-electron chi connectivity index (χ3n) is 5.14. The van der Waals surface area contributed by atoms with Crippen molar-refractivity contribution in [2.75, 3.05) is 10.6 Å². The summed E-state index contributed by atoms with van der Waals surface area (Å²) in [5, 5.41) is 9.32. The lowest BCUT2D eigenvalue weighted by atomic mass is 10.1. The Kier molecular flexibility index (Phi) is 4.59. The minimum atomic E-state index is 0.756. The number of pyridine rings is 1. The highest BCUT2D eigenvalue weighted by molar-refractivity contribution is 6.08. The molecule has 29 heavy (non-hydrogen) atoms. The first kappa shape index (κ1) is 17.3. The third-order valence-corrected chi connectivity index (χ3v) is 5.14. The van der Waals surface area contributed by atoms with Gasteiger partial charge in [0.2, 0.25) is 0 Å². The Morgan fingerprint density at radius 3 is 2.03 bits per heavy atom. The molecular formula is C25H22N4. The minimum absolute atomic E-state index is 0.756. The van der Waals surface area contributed by atoms with Crippen molar-refractivity contribution in [1.29, 1.82) is 0 Å². The van der Waals surface area contributed by atoms with E-state index in [1.165, 1.54) is 21.9 Å². The van der Waals surface area contributed by atoms with Crippen LogP contribution < -0.4 is 10.6 Å². The van der Waals surface area contributed by atoms with Gasteiger partial charge in [-0.25, -0.2) is 4.98 Å². The summed E-state index contributed by atoms with van der Waals surface area (Å²) in [6, 6.07) is 29.4. The zero-order chi connectivity index (χ0) is 19.5. The number of nitrogens with zero attached hydrogens (tertiary/aromatic N) is 1. The standard InChI is InChI=1S/C25H22N4/c1-3-7-18(8-4-1)15-26-20-11-12-23-21(13-20)22-14-25(28-17-24(22)29-23)27-16-19-9-5-2-6-10-19/h1-14,17,26,29H,15-16H2,(H,27,28).